The van der Waals surface area contributed by atoms with Gasteiger partial charge in [-0.1, -0.05) is 29.8 Å². The van der Waals surface area contributed by atoms with Crippen molar-refractivity contribution in [3.05, 3.63) is 69.9 Å². The zero-order valence-corrected chi connectivity index (χ0v) is 15.7. The Morgan fingerprint density at radius 3 is 2.41 bits per heavy atom. The van der Waals surface area contributed by atoms with E-state index in [1.165, 1.54) is 4.68 Å². The zero-order valence-electron chi connectivity index (χ0n) is 14.9. The summed E-state index contributed by atoms with van der Waals surface area (Å²) in [5.41, 5.74) is 1.99. The van der Waals surface area contributed by atoms with Gasteiger partial charge in [0.15, 0.2) is 0 Å². The van der Waals surface area contributed by atoms with E-state index in [-0.39, 0.29) is 10.6 Å². The second kappa shape index (κ2) is 7.36. The summed E-state index contributed by atoms with van der Waals surface area (Å²) in [6, 6.07) is 11.1. The lowest BCUT2D eigenvalue weighted by Gasteiger charge is -2.36. The minimum Gasteiger partial charge on any atom is -0.365 e. The Balaban J connectivity index is 1.53. The number of piperazine rings is 1. The quantitative estimate of drug-likeness (QED) is 0.692. The van der Waals surface area contributed by atoms with E-state index in [1.54, 1.807) is 12.4 Å². The fourth-order valence-electron chi connectivity index (χ4n) is 3.13. The molecule has 0 saturated carbocycles. The highest BCUT2D eigenvalue weighted by Gasteiger charge is 2.22. The average Bonchev–Trinajstić information content (AvgIpc) is 2.71. The van der Waals surface area contributed by atoms with Crippen LogP contribution >= 0.6 is 11.6 Å². The highest BCUT2D eigenvalue weighted by Crippen LogP contribution is 2.23. The fourth-order valence-corrected chi connectivity index (χ4v) is 3.38. The number of benzene rings is 1. The van der Waals surface area contributed by atoms with Crippen LogP contribution in [-0.2, 0) is 0 Å². The second-order valence-electron chi connectivity index (χ2n) is 6.37. The standard InChI is InChI=1S/C19H19ClN6O/c1-14-7-8-21-19(23-14)25-11-9-24(10-12-25)16-13-22-26(18(27)17(16)20)15-5-3-2-4-6-15/h2-8,13H,9-12H2,1H3. The lowest BCUT2D eigenvalue weighted by atomic mass is 10.3. The van der Waals surface area contributed by atoms with Crippen LogP contribution in [0.25, 0.3) is 5.69 Å². The molecule has 0 unspecified atom stereocenters. The van der Waals surface area contributed by atoms with Crippen molar-refractivity contribution >= 4 is 23.2 Å². The Morgan fingerprint density at radius 1 is 1.00 bits per heavy atom. The minimum absolute atomic E-state index is 0.189. The first-order valence-corrected chi connectivity index (χ1v) is 9.14. The van der Waals surface area contributed by atoms with Gasteiger partial charge < -0.3 is 9.80 Å². The van der Waals surface area contributed by atoms with E-state index in [0.717, 1.165) is 24.7 Å². The summed E-state index contributed by atoms with van der Waals surface area (Å²) in [5, 5.41) is 4.50. The van der Waals surface area contributed by atoms with Crippen LogP contribution in [0.5, 0.6) is 0 Å². The molecule has 4 rings (SSSR count). The van der Waals surface area contributed by atoms with E-state index in [9.17, 15) is 4.79 Å². The van der Waals surface area contributed by atoms with Crippen molar-refractivity contribution in [2.24, 2.45) is 0 Å². The molecule has 0 bridgehead atoms. The first-order valence-electron chi connectivity index (χ1n) is 8.76. The smallest absolute Gasteiger partial charge is 0.292 e. The summed E-state index contributed by atoms with van der Waals surface area (Å²) in [7, 11) is 0. The normalized spacial score (nSPS) is 14.4. The van der Waals surface area contributed by atoms with Crippen LogP contribution in [0.3, 0.4) is 0 Å². The molecule has 1 saturated heterocycles. The van der Waals surface area contributed by atoms with Gasteiger partial charge in [0, 0.05) is 38.1 Å². The second-order valence-corrected chi connectivity index (χ2v) is 6.75. The van der Waals surface area contributed by atoms with Gasteiger partial charge in [0.2, 0.25) is 5.95 Å². The molecule has 1 aliphatic rings. The van der Waals surface area contributed by atoms with Crippen molar-refractivity contribution < 1.29 is 0 Å². The van der Waals surface area contributed by atoms with Crippen LogP contribution in [-0.4, -0.2) is 45.9 Å². The van der Waals surface area contributed by atoms with E-state index in [4.69, 9.17) is 11.6 Å². The van der Waals surface area contributed by atoms with E-state index in [1.807, 2.05) is 43.3 Å². The summed E-state index contributed by atoms with van der Waals surface area (Å²) in [4.78, 5) is 25.7. The Hall–Kier alpha value is -2.93. The summed E-state index contributed by atoms with van der Waals surface area (Å²) in [5.74, 6) is 0.735. The number of para-hydroxylation sites is 1. The monoisotopic (exact) mass is 382 g/mol. The molecule has 8 heteroatoms. The Kier molecular flexibility index (Phi) is 4.77. The number of aromatic nitrogens is 4. The molecular weight excluding hydrogens is 364 g/mol. The van der Waals surface area contributed by atoms with Crippen LogP contribution in [0.15, 0.2) is 53.6 Å². The van der Waals surface area contributed by atoms with E-state index < -0.39 is 0 Å². The van der Waals surface area contributed by atoms with Gasteiger partial charge in [-0.25, -0.2) is 9.97 Å². The molecule has 3 aromatic rings. The number of hydrogen-bond acceptors (Lipinski definition) is 6. The molecule has 2 aromatic heterocycles. The topological polar surface area (TPSA) is 67.2 Å². The molecule has 3 heterocycles. The average molecular weight is 383 g/mol. The molecule has 0 radical (unpaired) electrons. The van der Waals surface area contributed by atoms with Gasteiger partial charge in [-0.15, -0.1) is 0 Å². The Bertz CT molecular complexity index is 999. The molecular formula is C19H19ClN6O. The number of halogens is 1. The predicted molar refractivity (Wildman–Crippen MR) is 106 cm³/mol. The lowest BCUT2D eigenvalue weighted by molar-refractivity contribution is 0.635. The molecule has 138 valence electrons. The number of nitrogens with zero attached hydrogens (tertiary/aromatic N) is 6. The predicted octanol–water partition coefficient (Wildman–Crippen LogP) is 2.31. The van der Waals surface area contributed by atoms with Gasteiger partial charge >= 0.3 is 0 Å². The minimum atomic E-state index is -0.315. The molecule has 1 aromatic carbocycles. The van der Waals surface area contributed by atoms with E-state index in [0.29, 0.717) is 24.5 Å². The van der Waals surface area contributed by atoms with E-state index >= 15 is 0 Å². The third-order valence-electron chi connectivity index (χ3n) is 4.59. The molecule has 0 atom stereocenters. The third kappa shape index (κ3) is 3.50. The molecule has 0 spiro atoms. The first-order chi connectivity index (χ1) is 13.1. The van der Waals surface area contributed by atoms with Gasteiger partial charge in [0.25, 0.3) is 5.56 Å². The van der Waals surface area contributed by atoms with Gasteiger partial charge in [0.05, 0.1) is 17.6 Å². The molecule has 0 N–H and O–H groups in total. The SMILES string of the molecule is Cc1ccnc(N2CCN(c3cnn(-c4ccccc4)c(=O)c3Cl)CC2)n1. The maximum atomic E-state index is 12.7. The highest BCUT2D eigenvalue weighted by atomic mass is 35.5. The summed E-state index contributed by atoms with van der Waals surface area (Å²) < 4.78 is 1.32. The number of rotatable bonds is 3. The largest absolute Gasteiger partial charge is 0.365 e. The summed E-state index contributed by atoms with van der Waals surface area (Å²) in [6.07, 6.45) is 3.43. The van der Waals surface area contributed by atoms with Crippen molar-refractivity contribution in [2.45, 2.75) is 6.92 Å². The van der Waals surface area contributed by atoms with Gasteiger partial charge in [-0.05, 0) is 25.1 Å². The Labute approximate surface area is 161 Å². The maximum Gasteiger partial charge on any atom is 0.292 e. The molecule has 27 heavy (non-hydrogen) atoms. The highest BCUT2D eigenvalue weighted by molar-refractivity contribution is 6.33. The maximum absolute atomic E-state index is 12.7. The lowest BCUT2D eigenvalue weighted by Crippen LogP contribution is -2.47. The van der Waals surface area contributed by atoms with Crippen LogP contribution < -0.4 is 15.4 Å². The Morgan fingerprint density at radius 2 is 1.70 bits per heavy atom. The van der Waals surface area contributed by atoms with Crippen LogP contribution in [0, 0.1) is 6.92 Å². The number of anilines is 2. The molecule has 1 fully saturated rings. The molecule has 7 nitrogen and oxygen atoms in total. The molecule has 0 aliphatic carbocycles. The summed E-state index contributed by atoms with van der Waals surface area (Å²) >= 11 is 6.40. The van der Waals surface area contributed by atoms with Crippen molar-refractivity contribution in [1.29, 1.82) is 0 Å². The summed E-state index contributed by atoms with van der Waals surface area (Å²) in [6.45, 7) is 4.89. The number of hydrogen-bond donors (Lipinski definition) is 0. The fraction of sp³-hybridized carbons (Fsp3) is 0.263. The molecule has 0 amide bonds. The zero-order chi connectivity index (χ0) is 18.8. The van der Waals surface area contributed by atoms with Gasteiger partial charge in [-0.3, -0.25) is 4.79 Å². The third-order valence-corrected chi connectivity index (χ3v) is 4.94. The first kappa shape index (κ1) is 17.5. The number of aryl methyl sites for hydroxylation is 1. The van der Waals surface area contributed by atoms with E-state index in [2.05, 4.69) is 24.9 Å². The van der Waals surface area contributed by atoms with Crippen molar-refractivity contribution in [2.75, 3.05) is 36.0 Å². The van der Waals surface area contributed by atoms with Crippen LogP contribution in [0.4, 0.5) is 11.6 Å². The molecule has 1 aliphatic heterocycles. The van der Waals surface area contributed by atoms with Gasteiger partial charge in [-0.2, -0.15) is 9.78 Å². The van der Waals surface area contributed by atoms with Crippen molar-refractivity contribution in [3.63, 3.8) is 0 Å². The van der Waals surface area contributed by atoms with Gasteiger partial charge in [0.1, 0.15) is 5.02 Å². The van der Waals surface area contributed by atoms with Crippen molar-refractivity contribution in [1.82, 2.24) is 19.7 Å². The van der Waals surface area contributed by atoms with Crippen LogP contribution in [0.1, 0.15) is 5.69 Å². The van der Waals surface area contributed by atoms with Crippen LogP contribution in [0.2, 0.25) is 5.02 Å². The van der Waals surface area contributed by atoms with Crippen molar-refractivity contribution in [3.8, 4) is 5.69 Å².